The van der Waals surface area contributed by atoms with Crippen LogP contribution in [0, 0.1) is 6.92 Å². The molecule has 194 valence electrons. The lowest BCUT2D eigenvalue weighted by Crippen LogP contribution is -2.46. The van der Waals surface area contributed by atoms with E-state index in [1.165, 1.54) is 11.3 Å². The molecule has 2 N–H and O–H groups in total. The Balaban J connectivity index is 1.17. The molecule has 37 heavy (non-hydrogen) atoms. The van der Waals surface area contributed by atoms with E-state index in [2.05, 4.69) is 51.6 Å². The number of carbonyl (C=O) groups is 2. The number of aryl methyl sites for hydroxylation is 1. The molecule has 2 amide bonds. The summed E-state index contributed by atoms with van der Waals surface area (Å²) in [6.45, 7) is 8.08. The minimum atomic E-state index is -0.376. The third kappa shape index (κ3) is 8.19. The van der Waals surface area contributed by atoms with Gasteiger partial charge in [0, 0.05) is 44.0 Å². The molecule has 1 aliphatic heterocycles. The summed E-state index contributed by atoms with van der Waals surface area (Å²) in [5.41, 5.74) is 4.13. The number of rotatable bonds is 11. The maximum absolute atomic E-state index is 12.7. The molecule has 0 bridgehead atoms. The SMILES string of the molecule is Cc1cccc(N2CCN(CCCCNC(=O)CC(NC(=O)c3ccccc3)c3ccccc3)CC2)c1. The zero-order valence-electron chi connectivity index (χ0n) is 21.7. The van der Waals surface area contributed by atoms with Crippen LogP contribution in [0.3, 0.4) is 0 Å². The third-order valence-electron chi connectivity index (χ3n) is 6.90. The molecule has 1 aliphatic rings. The second-order valence-electron chi connectivity index (χ2n) is 9.73. The van der Waals surface area contributed by atoms with Crippen LogP contribution in [0.2, 0.25) is 0 Å². The predicted molar refractivity (Wildman–Crippen MR) is 150 cm³/mol. The van der Waals surface area contributed by atoms with Gasteiger partial charge in [0.1, 0.15) is 0 Å². The average Bonchev–Trinajstić information content (AvgIpc) is 2.94. The topological polar surface area (TPSA) is 64.7 Å². The van der Waals surface area contributed by atoms with E-state index in [9.17, 15) is 9.59 Å². The van der Waals surface area contributed by atoms with Gasteiger partial charge in [0.05, 0.1) is 12.5 Å². The largest absolute Gasteiger partial charge is 0.369 e. The van der Waals surface area contributed by atoms with Crippen molar-refractivity contribution in [2.45, 2.75) is 32.2 Å². The van der Waals surface area contributed by atoms with Crippen LogP contribution in [-0.4, -0.2) is 56.0 Å². The van der Waals surface area contributed by atoms with E-state index in [0.717, 1.165) is 51.1 Å². The quantitative estimate of drug-likeness (QED) is 0.380. The highest BCUT2D eigenvalue weighted by Gasteiger charge is 2.20. The van der Waals surface area contributed by atoms with Gasteiger partial charge in [-0.15, -0.1) is 0 Å². The minimum absolute atomic E-state index is 0.0472. The molecule has 0 radical (unpaired) electrons. The first-order valence-electron chi connectivity index (χ1n) is 13.3. The highest BCUT2D eigenvalue weighted by atomic mass is 16.2. The lowest BCUT2D eigenvalue weighted by Gasteiger charge is -2.36. The Hall–Kier alpha value is -3.64. The first-order chi connectivity index (χ1) is 18.1. The fraction of sp³-hybridized carbons (Fsp3) is 0.355. The molecule has 0 aliphatic carbocycles. The second kappa shape index (κ2) is 13.6. The highest BCUT2D eigenvalue weighted by Crippen LogP contribution is 2.19. The molecule has 1 heterocycles. The van der Waals surface area contributed by atoms with E-state index in [1.807, 2.05) is 48.5 Å². The maximum Gasteiger partial charge on any atom is 0.251 e. The van der Waals surface area contributed by atoms with Gasteiger partial charge in [0.25, 0.3) is 5.91 Å². The minimum Gasteiger partial charge on any atom is -0.369 e. The molecule has 1 atom stereocenters. The molecular weight excluding hydrogens is 460 g/mol. The van der Waals surface area contributed by atoms with Crippen molar-refractivity contribution in [2.75, 3.05) is 44.2 Å². The van der Waals surface area contributed by atoms with E-state index in [4.69, 9.17) is 0 Å². The number of nitrogens with zero attached hydrogens (tertiary/aromatic N) is 2. The lowest BCUT2D eigenvalue weighted by atomic mass is 10.0. The summed E-state index contributed by atoms with van der Waals surface area (Å²) in [7, 11) is 0. The fourth-order valence-electron chi connectivity index (χ4n) is 4.77. The first kappa shape index (κ1) is 26.4. The Morgan fingerprint density at radius 1 is 0.838 bits per heavy atom. The van der Waals surface area contributed by atoms with Crippen LogP contribution in [0.5, 0.6) is 0 Å². The van der Waals surface area contributed by atoms with Gasteiger partial charge in [0.15, 0.2) is 0 Å². The van der Waals surface area contributed by atoms with E-state index in [1.54, 1.807) is 12.1 Å². The number of unbranched alkanes of at least 4 members (excludes halogenated alkanes) is 1. The van der Waals surface area contributed by atoms with Gasteiger partial charge in [-0.2, -0.15) is 0 Å². The molecule has 0 aromatic heterocycles. The number of anilines is 1. The molecule has 3 aromatic carbocycles. The number of hydrogen-bond acceptors (Lipinski definition) is 4. The Kier molecular flexibility index (Phi) is 9.72. The molecule has 6 heteroatoms. The van der Waals surface area contributed by atoms with E-state index >= 15 is 0 Å². The van der Waals surface area contributed by atoms with Crippen molar-refractivity contribution in [3.05, 3.63) is 102 Å². The summed E-state index contributed by atoms with van der Waals surface area (Å²) in [5.74, 6) is -0.223. The summed E-state index contributed by atoms with van der Waals surface area (Å²) in [4.78, 5) is 30.4. The standard InChI is InChI=1S/C31H38N4O2/c1-25-11-10-16-28(23-25)35-21-19-34(20-22-35)18-9-8-17-32-30(36)24-29(26-12-4-2-5-13-26)33-31(37)27-14-6-3-7-15-27/h2-7,10-16,23,29H,8-9,17-22,24H2,1H3,(H,32,36)(H,33,37). The van der Waals surface area contributed by atoms with Gasteiger partial charge in [0.2, 0.25) is 5.91 Å². The Morgan fingerprint density at radius 3 is 2.24 bits per heavy atom. The average molecular weight is 499 g/mol. The van der Waals surface area contributed by atoms with Crippen LogP contribution in [-0.2, 0) is 4.79 Å². The van der Waals surface area contributed by atoms with Crippen molar-refractivity contribution < 1.29 is 9.59 Å². The number of benzene rings is 3. The Labute approximate surface area is 220 Å². The summed E-state index contributed by atoms with van der Waals surface area (Å²) in [6.07, 6.45) is 2.21. The molecular formula is C31H38N4O2. The lowest BCUT2D eigenvalue weighted by molar-refractivity contribution is -0.121. The normalized spacial score (nSPS) is 14.7. The van der Waals surface area contributed by atoms with Crippen molar-refractivity contribution >= 4 is 17.5 Å². The highest BCUT2D eigenvalue weighted by molar-refractivity contribution is 5.94. The molecule has 1 fully saturated rings. The number of piperazine rings is 1. The van der Waals surface area contributed by atoms with Gasteiger partial charge in [-0.25, -0.2) is 0 Å². The van der Waals surface area contributed by atoms with Crippen LogP contribution in [0.1, 0.15) is 46.8 Å². The van der Waals surface area contributed by atoms with Crippen molar-refractivity contribution in [2.24, 2.45) is 0 Å². The summed E-state index contributed by atoms with van der Waals surface area (Å²) in [5, 5.41) is 6.08. The van der Waals surface area contributed by atoms with Crippen LogP contribution >= 0.6 is 0 Å². The van der Waals surface area contributed by atoms with Gasteiger partial charge < -0.3 is 15.5 Å². The van der Waals surface area contributed by atoms with Crippen LogP contribution in [0.25, 0.3) is 0 Å². The van der Waals surface area contributed by atoms with Gasteiger partial charge >= 0.3 is 0 Å². The van der Waals surface area contributed by atoms with E-state index in [0.29, 0.717) is 12.1 Å². The zero-order chi connectivity index (χ0) is 25.9. The Morgan fingerprint density at radius 2 is 1.54 bits per heavy atom. The molecule has 3 aromatic rings. The first-order valence-corrected chi connectivity index (χ1v) is 13.3. The molecule has 1 saturated heterocycles. The molecule has 1 unspecified atom stereocenters. The monoisotopic (exact) mass is 498 g/mol. The third-order valence-corrected chi connectivity index (χ3v) is 6.90. The van der Waals surface area contributed by atoms with Gasteiger partial charge in [-0.05, 0) is 61.7 Å². The van der Waals surface area contributed by atoms with Crippen molar-refractivity contribution in [3.63, 3.8) is 0 Å². The Bertz CT molecular complexity index is 1130. The fourth-order valence-corrected chi connectivity index (χ4v) is 4.77. The van der Waals surface area contributed by atoms with Gasteiger partial charge in [-0.3, -0.25) is 14.5 Å². The molecule has 0 saturated carbocycles. The van der Waals surface area contributed by atoms with Crippen molar-refractivity contribution in [1.29, 1.82) is 0 Å². The van der Waals surface area contributed by atoms with Gasteiger partial charge in [-0.1, -0.05) is 60.7 Å². The van der Waals surface area contributed by atoms with Crippen LogP contribution in [0.4, 0.5) is 5.69 Å². The zero-order valence-corrected chi connectivity index (χ0v) is 21.7. The smallest absolute Gasteiger partial charge is 0.251 e. The van der Waals surface area contributed by atoms with E-state index < -0.39 is 0 Å². The number of nitrogens with one attached hydrogen (secondary N) is 2. The number of carbonyl (C=O) groups excluding carboxylic acids is 2. The van der Waals surface area contributed by atoms with Crippen LogP contribution < -0.4 is 15.5 Å². The maximum atomic E-state index is 12.7. The van der Waals surface area contributed by atoms with Crippen molar-refractivity contribution in [3.8, 4) is 0 Å². The van der Waals surface area contributed by atoms with Crippen molar-refractivity contribution in [1.82, 2.24) is 15.5 Å². The summed E-state index contributed by atoms with van der Waals surface area (Å²) < 4.78 is 0. The molecule has 0 spiro atoms. The predicted octanol–water partition coefficient (Wildman–Crippen LogP) is 4.57. The van der Waals surface area contributed by atoms with Crippen LogP contribution in [0.15, 0.2) is 84.9 Å². The molecule has 4 rings (SSSR count). The second-order valence-corrected chi connectivity index (χ2v) is 9.73. The number of amides is 2. The van der Waals surface area contributed by atoms with E-state index in [-0.39, 0.29) is 24.3 Å². The summed E-state index contributed by atoms with van der Waals surface area (Å²) >= 11 is 0. The number of hydrogen-bond donors (Lipinski definition) is 2. The summed E-state index contributed by atoms with van der Waals surface area (Å²) in [6, 6.07) is 27.1. The molecule has 6 nitrogen and oxygen atoms in total.